The van der Waals surface area contributed by atoms with Crippen LogP contribution in [0.2, 0.25) is 0 Å². The summed E-state index contributed by atoms with van der Waals surface area (Å²) in [6.07, 6.45) is 9.82. The van der Waals surface area contributed by atoms with E-state index in [4.69, 9.17) is 12.2 Å². The summed E-state index contributed by atoms with van der Waals surface area (Å²) >= 11 is 6.85. The van der Waals surface area contributed by atoms with Gasteiger partial charge in [0.15, 0.2) is 3.95 Å². The third-order valence-corrected chi connectivity index (χ3v) is 5.26. The number of aromatic nitrogens is 1. The summed E-state index contributed by atoms with van der Waals surface area (Å²) in [7, 11) is 0. The highest BCUT2D eigenvalue weighted by Gasteiger charge is 2.13. The van der Waals surface area contributed by atoms with Crippen molar-refractivity contribution in [2.45, 2.75) is 44.9 Å². The highest BCUT2D eigenvalue weighted by atomic mass is 32.1. The summed E-state index contributed by atoms with van der Waals surface area (Å²) in [5.41, 5.74) is 2.67. The van der Waals surface area contributed by atoms with Gasteiger partial charge in [0, 0.05) is 0 Å². The SMILES string of the molecule is S=c1[nH]c2cc(CCC3CCCCC3)ccc2s1. The third kappa shape index (κ3) is 2.83. The summed E-state index contributed by atoms with van der Waals surface area (Å²) < 4.78 is 2.16. The summed E-state index contributed by atoms with van der Waals surface area (Å²) in [5, 5.41) is 0. The van der Waals surface area contributed by atoms with E-state index in [9.17, 15) is 0 Å². The molecule has 1 fully saturated rings. The van der Waals surface area contributed by atoms with Crippen LogP contribution in [0.25, 0.3) is 10.2 Å². The standard InChI is InChI=1S/C15H19NS2/c17-15-16-13-10-12(8-9-14(13)18-15)7-6-11-4-2-1-3-5-11/h8-11H,1-7H2,(H,16,17). The fourth-order valence-electron chi connectivity index (χ4n) is 3.00. The minimum atomic E-state index is 0.884. The number of rotatable bonds is 3. The quantitative estimate of drug-likeness (QED) is 0.735. The van der Waals surface area contributed by atoms with Crippen molar-refractivity contribution in [1.29, 1.82) is 0 Å². The zero-order valence-corrected chi connectivity index (χ0v) is 12.2. The Hall–Kier alpha value is -0.670. The van der Waals surface area contributed by atoms with Crippen molar-refractivity contribution >= 4 is 33.8 Å². The lowest BCUT2D eigenvalue weighted by atomic mass is 9.85. The van der Waals surface area contributed by atoms with E-state index in [0.29, 0.717) is 0 Å². The lowest BCUT2D eigenvalue weighted by Crippen LogP contribution is -2.07. The molecule has 0 amide bonds. The number of aromatic amines is 1. The molecular weight excluding hydrogens is 258 g/mol. The first kappa shape index (κ1) is 12.4. The molecule has 1 aliphatic rings. The maximum atomic E-state index is 5.19. The monoisotopic (exact) mass is 277 g/mol. The molecule has 0 saturated heterocycles. The van der Waals surface area contributed by atoms with Crippen molar-refractivity contribution in [1.82, 2.24) is 4.98 Å². The molecular formula is C15H19NS2. The molecule has 1 aromatic heterocycles. The number of hydrogen-bond donors (Lipinski definition) is 1. The second-order valence-electron chi connectivity index (χ2n) is 5.39. The van der Waals surface area contributed by atoms with E-state index in [1.54, 1.807) is 11.3 Å². The van der Waals surface area contributed by atoms with Crippen LogP contribution in [-0.2, 0) is 6.42 Å². The first-order valence-electron chi connectivity index (χ1n) is 6.93. The summed E-state index contributed by atoms with van der Waals surface area (Å²) in [6, 6.07) is 6.76. The molecule has 0 atom stereocenters. The molecule has 1 N–H and O–H groups in total. The Morgan fingerprint density at radius 1 is 1.22 bits per heavy atom. The van der Waals surface area contributed by atoms with Gasteiger partial charge < -0.3 is 4.98 Å². The van der Waals surface area contributed by atoms with Crippen molar-refractivity contribution in [2.24, 2.45) is 5.92 Å². The van der Waals surface area contributed by atoms with Crippen LogP contribution < -0.4 is 0 Å². The predicted octanol–water partition coefficient (Wildman–Crippen LogP) is 5.47. The van der Waals surface area contributed by atoms with Gasteiger partial charge in [0.25, 0.3) is 0 Å². The van der Waals surface area contributed by atoms with Crippen LogP contribution in [0.3, 0.4) is 0 Å². The van der Waals surface area contributed by atoms with Crippen molar-refractivity contribution < 1.29 is 0 Å². The van der Waals surface area contributed by atoms with Gasteiger partial charge in [-0.15, -0.1) is 11.3 Å². The van der Waals surface area contributed by atoms with Gasteiger partial charge in [-0.05, 0) is 48.7 Å². The highest BCUT2D eigenvalue weighted by Crippen LogP contribution is 2.28. The normalized spacial score (nSPS) is 17.3. The van der Waals surface area contributed by atoms with Crippen molar-refractivity contribution in [2.75, 3.05) is 0 Å². The molecule has 3 heteroatoms. The smallest absolute Gasteiger partial charge is 0.159 e. The maximum absolute atomic E-state index is 5.19. The Morgan fingerprint density at radius 3 is 2.89 bits per heavy atom. The fraction of sp³-hybridized carbons (Fsp3) is 0.533. The highest BCUT2D eigenvalue weighted by molar-refractivity contribution is 7.73. The number of aryl methyl sites for hydroxylation is 1. The van der Waals surface area contributed by atoms with Crippen LogP contribution >= 0.6 is 23.6 Å². The summed E-state index contributed by atoms with van der Waals surface area (Å²) in [4.78, 5) is 3.27. The molecule has 1 saturated carbocycles. The van der Waals surface area contributed by atoms with E-state index in [2.05, 4.69) is 23.2 Å². The van der Waals surface area contributed by atoms with Gasteiger partial charge in [-0.25, -0.2) is 0 Å². The molecule has 0 spiro atoms. The van der Waals surface area contributed by atoms with Crippen molar-refractivity contribution in [3.05, 3.63) is 27.7 Å². The number of thiazole rings is 1. The predicted molar refractivity (Wildman–Crippen MR) is 81.9 cm³/mol. The number of hydrogen-bond acceptors (Lipinski definition) is 2. The maximum Gasteiger partial charge on any atom is 0.159 e. The third-order valence-electron chi connectivity index (χ3n) is 4.05. The van der Waals surface area contributed by atoms with Crippen molar-refractivity contribution in [3.8, 4) is 0 Å². The van der Waals surface area contributed by atoms with E-state index in [0.717, 1.165) is 9.87 Å². The van der Waals surface area contributed by atoms with E-state index in [1.165, 1.54) is 60.7 Å². The molecule has 1 aromatic carbocycles. The zero-order valence-electron chi connectivity index (χ0n) is 10.6. The molecule has 96 valence electrons. The molecule has 0 aliphatic heterocycles. The number of fused-ring (bicyclic) bond motifs is 1. The van der Waals surface area contributed by atoms with Gasteiger partial charge in [0.1, 0.15) is 0 Å². The Bertz CT molecular complexity index is 575. The molecule has 1 nitrogen and oxygen atoms in total. The van der Waals surface area contributed by atoms with Crippen LogP contribution in [0, 0.1) is 9.87 Å². The molecule has 2 aromatic rings. The minimum Gasteiger partial charge on any atom is -0.337 e. The number of H-pyrrole nitrogens is 1. The second-order valence-corrected chi connectivity index (χ2v) is 7.11. The lowest BCUT2D eigenvalue weighted by Gasteiger charge is -2.21. The van der Waals surface area contributed by atoms with Crippen LogP contribution in [0.5, 0.6) is 0 Å². The molecule has 1 heterocycles. The number of nitrogens with one attached hydrogen (secondary N) is 1. The molecule has 0 bridgehead atoms. The fourth-order valence-corrected chi connectivity index (χ4v) is 4.10. The average Bonchev–Trinajstić information content (AvgIpc) is 2.77. The van der Waals surface area contributed by atoms with Crippen LogP contribution in [-0.4, -0.2) is 4.98 Å². The first-order valence-corrected chi connectivity index (χ1v) is 8.15. The van der Waals surface area contributed by atoms with E-state index < -0.39 is 0 Å². The van der Waals surface area contributed by atoms with Crippen LogP contribution in [0.4, 0.5) is 0 Å². The van der Waals surface area contributed by atoms with E-state index in [1.807, 2.05) is 0 Å². The Labute approximate surface area is 117 Å². The Morgan fingerprint density at radius 2 is 2.06 bits per heavy atom. The Balaban J connectivity index is 1.68. The summed E-state index contributed by atoms with van der Waals surface area (Å²) in [6.45, 7) is 0. The Kier molecular flexibility index (Phi) is 3.80. The molecule has 0 radical (unpaired) electrons. The molecule has 1 aliphatic carbocycles. The van der Waals surface area contributed by atoms with Gasteiger partial charge in [-0.1, -0.05) is 38.2 Å². The van der Waals surface area contributed by atoms with Gasteiger partial charge in [0.05, 0.1) is 10.2 Å². The molecule has 0 unspecified atom stereocenters. The van der Waals surface area contributed by atoms with Gasteiger partial charge >= 0.3 is 0 Å². The first-order chi connectivity index (χ1) is 8.81. The lowest BCUT2D eigenvalue weighted by molar-refractivity contribution is 0.339. The van der Waals surface area contributed by atoms with Crippen LogP contribution in [0.15, 0.2) is 18.2 Å². The zero-order chi connectivity index (χ0) is 12.4. The molecule has 3 rings (SSSR count). The van der Waals surface area contributed by atoms with Gasteiger partial charge in [-0.3, -0.25) is 0 Å². The summed E-state index contributed by atoms with van der Waals surface area (Å²) in [5.74, 6) is 0.968. The molecule has 18 heavy (non-hydrogen) atoms. The van der Waals surface area contributed by atoms with E-state index in [-0.39, 0.29) is 0 Å². The van der Waals surface area contributed by atoms with Gasteiger partial charge in [-0.2, -0.15) is 0 Å². The second kappa shape index (κ2) is 5.54. The average molecular weight is 277 g/mol. The van der Waals surface area contributed by atoms with Crippen LogP contribution in [0.1, 0.15) is 44.1 Å². The van der Waals surface area contributed by atoms with Gasteiger partial charge in [0.2, 0.25) is 0 Å². The van der Waals surface area contributed by atoms with Crippen molar-refractivity contribution in [3.63, 3.8) is 0 Å². The van der Waals surface area contributed by atoms with E-state index >= 15 is 0 Å². The topological polar surface area (TPSA) is 15.8 Å². The largest absolute Gasteiger partial charge is 0.337 e. The minimum absolute atomic E-state index is 0.884. The number of benzene rings is 1.